The second-order valence-electron chi connectivity index (χ2n) is 4.04. The summed E-state index contributed by atoms with van der Waals surface area (Å²) in [6, 6.07) is 7.82. The normalized spacial score (nSPS) is 11.8. The number of oxime groups is 1. The number of rotatable bonds is 3. The molecule has 0 atom stereocenters. The molecule has 0 aliphatic carbocycles. The first-order valence-electron chi connectivity index (χ1n) is 5.75. The number of fused-ring (bicyclic) bond motifs is 1. The van der Waals surface area contributed by atoms with E-state index in [1.54, 1.807) is 6.20 Å². The Hall–Kier alpha value is -2.30. The lowest BCUT2D eigenvalue weighted by Crippen LogP contribution is -2.23. The summed E-state index contributed by atoms with van der Waals surface area (Å²) < 4.78 is 0. The Morgan fingerprint density at radius 3 is 2.83 bits per heavy atom. The fraction of sp³-hybridized carbons (Fsp3) is 0.231. The lowest BCUT2D eigenvalue weighted by Gasteiger charge is -2.22. The smallest absolute Gasteiger partial charge is 0.173 e. The third kappa shape index (κ3) is 1.95. The number of pyridine rings is 1. The average Bonchev–Trinajstić information content (AvgIpc) is 2.44. The highest BCUT2D eigenvalue weighted by molar-refractivity contribution is 6.08. The zero-order valence-electron chi connectivity index (χ0n) is 10.5. The highest BCUT2D eigenvalue weighted by Crippen LogP contribution is 2.28. The van der Waals surface area contributed by atoms with Gasteiger partial charge in [0.25, 0.3) is 0 Å². The van der Waals surface area contributed by atoms with Crippen LogP contribution in [-0.4, -0.2) is 29.6 Å². The topological polar surface area (TPSA) is 74.7 Å². The number of aromatic nitrogens is 1. The van der Waals surface area contributed by atoms with E-state index in [2.05, 4.69) is 15.0 Å². The summed E-state index contributed by atoms with van der Waals surface area (Å²) in [6.07, 6.45) is 1.64. The second kappa shape index (κ2) is 4.91. The number of nitrogens with zero attached hydrogens (tertiary/aromatic N) is 3. The summed E-state index contributed by atoms with van der Waals surface area (Å²) >= 11 is 0. The minimum atomic E-state index is 0.0727. The Labute approximate surface area is 106 Å². The molecule has 0 saturated heterocycles. The molecule has 0 spiro atoms. The van der Waals surface area contributed by atoms with Crippen molar-refractivity contribution < 1.29 is 5.21 Å². The van der Waals surface area contributed by atoms with Crippen molar-refractivity contribution in [3.63, 3.8) is 0 Å². The number of nitrogens with two attached hydrogens (primary N) is 1. The fourth-order valence-electron chi connectivity index (χ4n) is 1.94. The molecule has 5 nitrogen and oxygen atoms in total. The van der Waals surface area contributed by atoms with Crippen LogP contribution < -0.4 is 10.6 Å². The monoisotopic (exact) mass is 244 g/mol. The highest BCUT2D eigenvalue weighted by Gasteiger charge is 2.14. The van der Waals surface area contributed by atoms with Gasteiger partial charge < -0.3 is 15.8 Å². The van der Waals surface area contributed by atoms with E-state index in [-0.39, 0.29) is 5.84 Å². The van der Waals surface area contributed by atoms with Crippen LogP contribution in [0.2, 0.25) is 0 Å². The molecule has 5 heteroatoms. The van der Waals surface area contributed by atoms with Crippen LogP contribution in [0.1, 0.15) is 12.5 Å². The molecule has 0 bridgehead atoms. The van der Waals surface area contributed by atoms with Crippen molar-refractivity contribution in [2.45, 2.75) is 6.92 Å². The third-order valence-corrected chi connectivity index (χ3v) is 2.99. The lowest BCUT2D eigenvalue weighted by atomic mass is 10.1. The molecule has 94 valence electrons. The van der Waals surface area contributed by atoms with Crippen molar-refractivity contribution in [1.29, 1.82) is 0 Å². The number of anilines is 1. The molecule has 3 N–H and O–H groups in total. The molecular formula is C13H16N4O. The average molecular weight is 244 g/mol. The molecule has 0 aliphatic rings. The Morgan fingerprint density at radius 2 is 2.17 bits per heavy atom. The van der Waals surface area contributed by atoms with E-state index in [0.29, 0.717) is 5.56 Å². The maximum Gasteiger partial charge on any atom is 0.173 e. The predicted octanol–water partition coefficient (Wildman–Crippen LogP) is 1.79. The number of hydrogen-bond donors (Lipinski definition) is 2. The van der Waals surface area contributed by atoms with Crippen LogP contribution in [0.4, 0.5) is 5.69 Å². The van der Waals surface area contributed by atoms with Crippen LogP contribution in [0, 0.1) is 0 Å². The van der Waals surface area contributed by atoms with Gasteiger partial charge >= 0.3 is 0 Å². The fourth-order valence-corrected chi connectivity index (χ4v) is 1.94. The number of hydrogen-bond acceptors (Lipinski definition) is 4. The van der Waals surface area contributed by atoms with Gasteiger partial charge in [-0.2, -0.15) is 0 Å². The predicted molar refractivity (Wildman–Crippen MR) is 73.2 cm³/mol. The van der Waals surface area contributed by atoms with Crippen LogP contribution in [-0.2, 0) is 0 Å². The SMILES string of the molecule is CCN(C)c1c(/C(N)=N/O)cnc2ccccc12. The zero-order valence-corrected chi connectivity index (χ0v) is 10.5. The molecule has 1 aromatic carbocycles. The molecule has 2 aromatic rings. The van der Waals surface area contributed by atoms with Gasteiger partial charge in [-0.3, -0.25) is 4.98 Å². The Kier molecular flexibility index (Phi) is 3.32. The first kappa shape index (κ1) is 12.2. The molecule has 18 heavy (non-hydrogen) atoms. The quantitative estimate of drug-likeness (QED) is 0.373. The lowest BCUT2D eigenvalue weighted by molar-refractivity contribution is 0.318. The summed E-state index contributed by atoms with van der Waals surface area (Å²) in [7, 11) is 1.97. The minimum Gasteiger partial charge on any atom is -0.409 e. The van der Waals surface area contributed by atoms with Gasteiger partial charge in [0.2, 0.25) is 0 Å². The molecule has 1 heterocycles. The van der Waals surface area contributed by atoms with Crippen molar-refractivity contribution in [3.05, 3.63) is 36.0 Å². The molecule has 1 aromatic heterocycles. The molecule has 0 saturated carbocycles. The van der Waals surface area contributed by atoms with Gasteiger partial charge in [-0.15, -0.1) is 0 Å². The standard InChI is InChI=1S/C13H16N4O/c1-3-17(2)12-9-6-4-5-7-11(9)15-8-10(12)13(14)16-18/h4-8,18H,3H2,1-2H3,(H2,14,16). The van der Waals surface area contributed by atoms with E-state index in [4.69, 9.17) is 10.9 Å². The van der Waals surface area contributed by atoms with Gasteiger partial charge in [0, 0.05) is 25.2 Å². The van der Waals surface area contributed by atoms with Crippen molar-refractivity contribution in [3.8, 4) is 0 Å². The van der Waals surface area contributed by atoms with E-state index in [1.807, 2.05) is 38.2 Å². The van der Waals surface area contributed by atoms with Crippen LogP contribution in [0.15, 0.2) is 35.6 Å². The van der Waals surface area contributed by atoms with E-state index < -0.39 is 0 Å². The molecular weight excluding hydrogens is 228 g/mol. The number of amidine groups is 1. The molecule has 0 radical (unpaired) electrons. The van der Waals surface area contributed by atoms with Gasteiger partial charge in [0.15, 0.2) is 5.84 Å². The van der Waals surface area contributed by atoms with E-state index in [9.17, 15) is 0 Å². The number of para-hydroxylation sites is 1. The van der Waals surface area contributed by atoms with E-state index in [0.717, 1.165) is 23.1 Å². The third-order valence-electron chi connectivity index (χ3n) is 2.99. The molecule has 0 fully saturated rings. The summed E-state index contributed by atoms with van der Waals surface area (Å²) in [6.45, 7) is 2.87. The van der Waals surface area contributed by atoms with Crippen molar-refractivity contribution >= 4 is 22.4 Å². The minimum absolute atomic E-state index is 0.0727. The second-order valence-corrected chi connectivity index (χ2v) is 4.04. The van der Waals surface area contributed by atoms with Crippen LogP contribution >= 0.6 is 0 Å². The van der Waals surface area contributed by atoms with Crippen LogP contribution in [0.3, 0.4) is 0 Å². The van der Waals surface area contributed by atoms with Gasteiger partial charge in [-0.05, 0) is 13.0 Å². The zero-order chi connectivity index (χ0) is 13.1. The number of benzene rings is 1. The first-order chi connectivity index (χ1) is 8.69. The van der Waals surface area contributed by atoms with Gasteiger partial charge in [0.05, 0.1) is 16.8 Å². The molecule has 0 aliphatic heterocycles. The summed E-state index contributed by atoms with van der Waals surface area (Å²) in [5.41, 5.74) is 8.17. The van der Waals surface area contributed by atoms with Gasteiger partial charge in [-0.1, -0.05) is 23.4 Å². The molecule has 0 unspecified atom stereocenters. The van der Waals surface area contributed by atoms with Crippen molar-refractivity contribution in [2.24, 2.45) is 10.9 Å². The summed E-state index contributed by atoms with van der Waals surface area (Å²) in [4.78, 5) is 6.38. The maximum absolute atomic E-state index is 8.86. The van der Waals surface area contributed by atoms with E-state index in [1.165, 1.54) is 0 Å². The Bertz CT molecular complexity index is 595. The van der Waals surface area contributed by atoms with Crippen molar-refractivity contribution in [2.75, 3.05) is 18.5 Å². The van der Waals surface area contributed by atoms with Crippen molar-refractivity contribution in [1.82, 2.24) is 4.98 Å². The van der Waals surface area contributed by atoms with Crippen LogP contribution in [0.5, 0.6) is 0 Å². The summed E-state index contributed by atoms with van der Waals surface area (Å²) in [5.74, 6) is 0.0727. The molecule has 0 amide bonds. The summed E-state index contributed by atoms with van der Waals surface area (Å²) in [5, 5.41) is 12.9. The molecule has 2 rings (SSSR count). The van der Waals surface area contributed by atoms with Crippen LogP contribution in [0.25, 0.3) is 10.9 Å². The Morgan fingerprint density at radius 1 is 1.44 bits per heavy atom. The first-order valence-corrected chi connectivity index (χ1v) is 5.75. The van der Waals surface area contributed by atoms with E-state index >= 15 is 0 Å². The maximum atomic E-state index is 8.86. The van der Waals surface area contributed by atoms with Gasteiger partial charge in [0.1, 0.15) is 0 Å². The largest absolute Gasteiger partial charge is 0.409 e. The Balaban J connectivity index is 2.79. The highest BCUT2D eigenvalue weighted by atomic mass is 16.4. The van der Waals surface area contributed by atoms with Gasteiger partial charge in [-0.25, -0.2) is 0 Å².